The Balaban J connectivity index is 1.21. The van der Waals surface area contributed by atoms with E-state index in [2.05, 4.69) is 36.6 Å². The van der Waals surface area contributed by atoms with Gasteiger partial charge in [-0.05, 0) is 6.07 Å². The van der Waals surface area contributed by atoms with Crippen LogP contribution in [0.25, 0.3) is 0 Å². The Morgan fingerprint density at radius 3 is 2.79 bits per heavy atom. The number of hydrazone groups is 1. The van der Waals surface area contributed by atoms with Crippen LogP contribution < -0.4 is 15.5 Å². The zero-order valence-electron chi connectivity index (χ0n) is 18.8. The second kappa shape index (κ2) is 9.86. The van der Waals surface area contributed by atoms with Crippen LogP contribution >= 0.6 is 0 Å². The number of pyridine rings is 1. The lowest BCUT2D eigenvalue weighted by molar-refractivity contribution is -0.111. The van der Waals surface area contributed by atoms with Crippen LogP contribution in [0.5, 0.6) is 0 Å². The van der Waals surface area contributed by atoms with E-state index in [0.717, 1.165) is 70.2 Å². The van der Waals surface area contributed by atoms with Crippen molar-refractivity contribution in [2.24, 2.45) is 10.1 Å². The highest BCUT2D eigenvalue weighted by Gasteiger charge is 2.33. The van der Waals surface area contributed by atoms with Gasteiger partial charge in [0, 0.05) is 70.7 Å². The van der Waals surface area contributed by atoms with E-state index in [4.69, 9.17) is 14.5 Å². The molecule has 4 aliphatic rings. The molecular formula is C22H30N8O3. The summed E-state index contributed by atoms with van der Waals surface area (Å²) in [4.78, 5) is 26.4. The SMILES string of the molecule is CN1N=C(C(=O)Nc2cnccc2N2CCNCC2)OC1C1=CCC(N2CCOCC2)N=C1. The van der Waals surface area contributed by atoms with Gasteiger partial charge in [0.05, 0.1) is 30.8 Å². The molecule has 2 atom stereocenters. The van der Waals surface area contributed by atoms with Crippen molar-refractivity contribution in [3.63, 3.8) is 0 Å². The Morgan fingerprint density at radius 1 is 1.21 bits per heavy atom. The Bertz CT molecular complexity index is 953. The minimum atomic E-state index is -0.471. The second-order valence-electron chi connectivity index (χ2n) is 8.38. The molecule has 11 heteroatoms. The molecule has 0 radical (unpaired) electrons. The number of carbonyl (C=O) groups is 1. The maximum atomic E-state index is 13.0. The molecule has 1 aromatic rings. The molecule has 0 bridgehead atoms. The molecule has 5 heterocycles. The average Bonchev–Trinajstić information content (AvgIpc) is 3.27. The summed E-state index contributed by atoms with van der Waals surface area (Å²) in [5.74, 6) is -0.365. The maximum Gasteiger partial charge on any atom is 0.312 e. The van der Waals surface area contributed by atoms with Crippen LogP contribution in [0.3, 0.4) is 0 Å². The number of hydrogen-bond acceptors (Lipinski definition) is 10. The number of likely N-dealkylation sites (N-methyl/N-ethyl adjacent to an activating group) is 1. The van der Waals surface area contributed by atoms with Gasteiger partial charge in [-0.2, -0.15) is 0 Å². The van der Waals surface area contributed by atoms with Crippen LogP contribution in [-0.2, 0) is 14.3 Å². The highest BCUT2D eigenvalue weighted by molar-refractivity contribution is 6.40. The van der Waals surface area contributed by atoms with Crippen molar-refractivity contribution >= 4 is 29.4 Å². The fraction of sp³-hybridized carbons (Fsp3) is 0.545. The zero-order valence-corrected chi connectivity index (χ0v) is 18.8. The molecule has 176 valence electrons. The van der Waals surface area contributed by atoms with Gasteiger partial charge in [0.15, 0.2) is 0 Å². The zero-order chi connectivity index (χ0) is 22.6. The molecule has 1 amide bonds. The monoisotopic (exact) mass is 454 g/mol. The minimum absolute atomic E-state index is 0.0298. The molecule has 0 saturated carbocycles. The Labute approximate surface area is 193 Å². The van der Waals surface area contributed by atoms with Crippen molar-refractivity contribution in [2.75, 3.05) is 69.7 Å². The number of dihydropyridines is 1. The topological polar surface area (TPSA) is 107 Å². The lowest BCUT2D eigenvalue weighted by atomic mass is 10.1. The second-order valence-corrected chi connectivity index (χ2v) is 8.38. The van der Waals surface area contributed by atoms with E-state index in [1.165, 1.54) is 0 Å². The van der Waals surface area contributed by atoms with E-state index in [1.807, 2.05) is 12.3 Å². The highest BCUT2D eigenvalue weighted by atomic mass is 16.5. The van der Waals surface area contributed by atoms with Gasteiger partial charge in [-0.1, -0.05) is 6.08 Å². The van der Waals surface area contributed by atoms with Crippen LogP contribution in [-0.4, -0.2) is 105 Å². The first-order chi connectivity index (χ1) is 16.2. The Kier molecular flexibility index (Phi) is 6.51. The van der Waals surface area contributed by atoms with Crippen LogP contribution in [0, 0.1) is 0 Å². The Morgan fingerprint density at radius 2 is 2.03 bits per heavy atom. The van der Waals surface area contributed by atoms with Gasteiger partial charge in [0.25, 0.3) is 5.90 Å². The lowest BCUT2D eigenvalue weighted by Gasteiger charge is -2.33. The van der Waals surface area contributed by atoms with Crippen molar-refractivity contribution < 1.29 is 14.3 Å². The number of morpholine rings is 1. The number of aliphatic imine (C=N–C) groups is 1. The average molecular weight is 455 g/mol. The van der Waals surface area contributed by atoms with Crippen LogP contribution in [0.2, 0.25) is 0 Å². The van der Waals surface area contributed by atoms with Gasteiger partial charge in [-0.25, -0.2) is 0 Å². The number of nitrogens with zero attached hydrogens (tertiary/aromatic N) is 6. The number of carbonyl (C=O) groups excluding carboxylic acids is 1. The van der Waals surface area contributed by atoms with Crippen LogP contribution in [0.4, 0.5) is 11.4 Å². The van der Waals surface area contributed by atoms with Crippen LogP contribution in [0.1, 0.15) is 6.42 Å². The number of piperazine rings is 1. The molecule has 2 unspecified atom stereocenters. The summed E-state index contributed by atoms with van der Waals surface area (Å²) in [6.07, 6.45) is 7.81. The van der Waals surface area contributed by atoms with E-state index in [9.17, 15) is 4.79 Å². The summed E-state index contributed by atoms with van der Waals surface area (Å²) in [5.41, 5.74) is 2.49. The summed E-state index contributed by atoms with van der Waals surface area (Å²) in [7, 11) is 1.80. The summed E-state index contributed by atoms with van der Waals surface area (Å²) < 4.78 is 11.4. The molecule has 0 aliphatic carbocycles. The van der Waals surface area contributed by atoms with E-state index in [1.54, 1.807) is 24.5 Å². The van der Waals surface area contributed by atoms with E-state index in [0.29, 0.717) is 5.69 Å². The summed E-state index contributed by atoms with van der Waals surface area (Å²) >= 11 is 0. The minimum Gasteiger partial charge on any atom is -0.443 e. The van der Waals surface area contributed by atoms with E-state index in [-0.39, 0.29) is 12.1 Å². The normalized spacial score (nSPS) is 26.0. The number of aromatic nitrogens is 1. The third-order valence-electron chi connectivity index (χ3n) is 6.22. The number of amides is 1. The maximum absolute atomic E-state index is 13.0. The predicted octanol–water partition coefficient (Wildman–Crippen LogP) is 0.0905. The number of rotatable bonds is 5. The van der Waals surface area contributed by atoms with Crippen molar-refractivity contribution in [1.82, 2.24) is 20.2 Å². The van der Waals surface area contributed by atoms with E-state index >= 15 is 0 Å². The number of hydrogen-bond donors (Lipinski definition) is 2. The summed E-state index contributed by atoms with van der Waals surface area (Å²) in [6.45, 7) is 6.82. The standard InChI is InChI=1S/C22H30N8O3/c1-28-22(16-2-3-19(25-14-16)30-10-12-32-13-11-30)33-21(27-28)20(31)26-17-15-24-5-4-18(17)29-8-6-23-7-9-29/h2,4-5,14-15,19,22-23H,3,6-13H2,1H3,(H,26,31). The van der Waals surface area contributed by atoms with Crippen molar-refractivity contribution in [1.29, 1.82) is 0 Å². The quantitative estimate of drug-likeness (QED) is 0.645. The van der Waals surface area contributed by atoms with Crippen LogP contribution in [0.15, 0.2) is 40.2 Å². The first-order valence-corrected chi connectivity index (χ1v) is 11.4. The first kappa shape index (κ1) is 21.8. The van der Waals surface area contributed by atoms with Gasteiger partial charge >= 0.3 is 5.91 Å². The van der Waals surface area contributed by atoms with Crippen molar-refractivity contribution in [2.45, 2.75) is 18.8 Å². The number of ether oxygens (including phenoxy) is 2. The molecular weight excluding hydrogens is 424 g/mol. The van der Waals surface area contributed by atoms with Gasteiger partial charge in [-0.3, -0.25) is 24.7 Å². The fourth-order valence-electron chi connectivity index (χ4n) is 4.44. The van der Waals surface area contributed by atoms with Gasteiger partial charge in [0.2, 0.25) is 6.23 Å². The molecule has 5 rings (SSSR count). The van der Waals surface area contributed by atoms with Gasteiger partial charge in [0.1, 0.15) is 6.17 Å². The third kappa shape index (κ3) is 4.85. The molecule has 4 aliphatic heterocycles. The fourth-order valence-corrected chi connectivity index (χ4v) is 4.44. The van der Waals surface area contributed by atoms with Gasteiger partial charge < -0.3 is 25.0 Å². The molecule has 1 aromatic heterocycles. The smallest absolute Gasteiger partial charge is 0.312 e. The lowest BCUT2D eigenvalue weighted by Crippen LogP contribution is -2.44. The molecule has 33 heavy (non-hydrogen) atoms. The van der Waals surface area contributed by atoms with Crippen molar-refractivity contribution in [3.8, 4) is 0 Å². The van der Waals surface area contributed by atoms with Crippen molar-refractivity contribution in [3.05, 3.63) is 30.1 Å². The number of anilines is 2. The molecule has 0 aromatic carbocycles. The largest absolute Gasteiger partial charge is 0.443 e. The van der Waals surface area contributed by atoms with Gasteiger partial charge in [-0.15, -0.1) is 5.10 Å². The summed E-state index contributed by atoms with van der Waals surface area (Å²) in [6, 6.07) is 1.92. The molecule has 11 nitrogen and oxygen atoms in total. The Hall–Kier alpha value is -3.02. The first-order valence-electron chi connectivity index (χ1n) is 11.4. The molecule has 2 saturated heterocycles. The summed E-state index contributed by atoms with van der Waals surface area (Å²) in [5, 5.41) is 12.3. The molecule has 2 fully saturated rings. The number of nitrogens with one attached hydrogen (secondary N) is 2. The molecule has 2 N–H and O–H groups in total. The third-order valence-corrected chi connectivity index (χ3v) is 6.22. The predicted molar refractivity (Wildman–Crippen MR) is 125 cm³/mol. The molecule has 0 spiro atoms. The van der Waals surface area contributed by atoms with E-state index < -0.39 is 12.1 Å². The highest BCUT2D eigenvalue weighted by Crippen LogP contribution is 2.26.